The third kappa shape index (κ3) is 3.06. The number of carbonyl (C=O) groups excluding carboxylic acids is 1. The van der Waals surface area contributed by atoms with Gasteiger partial charge in [0.15, 0.2) is 0 Å². The topological polar surface area (TPSA) is 70.7 Å². The van der Waals surface area contributed by atoms with Crippen LogP contribution in [0.5, 0.6) is 0 Å². The van der Waals surface area contributed by atoms with Crippen LogP contribution in [0.1, 0.15) is 55.8 Å². The molecule has 0 aliphatic heterocycles. The molecule has 2 N–H and O–H groups in total. The molecular formula is C16H22N4O. The summed E-state index contributed by atoms with van der Waals surface area (Å²) in [5.74, 6) is 0.651. The number of hydrogen-bond donors (Lipinski definition) is 2. The number of aromatic nitrogens is 3. The van der Waals surface area contributed by atoms with E-state index in [4.69, 9.17) is 0 Å². The van der Waals surface area contributed by atoms with Gasteiger partial charge in [-0.3, -0.25) is 4.79 Å². The number of hydrogen-bond acceptors (Lipinski definition) is 3. The highest BCUT2D eigenvalue weighted by Crippen LogP contribution is 2.30. The predicted molar refractivity (Wildman–Crippen MR) is 82.0 cm³/mol. The molecule has 2 aromatic rings. The van der Waals surface area contributed by atoms with E-state index in [0.717, 1.165) is 17.5 Å². The lowest BCUT2D eigenvalue weighted by Gasteiger charge is -2.20. The molecule has 2 atom stereocenters. The fraction of sp³-hybridized carbons (Fsp3) is 0.562. The lowest BCUT2D eigenvalue weighted by molar-refractivity contribution is 0.0926. The van der Waals surface area contributed by atoms with Crippen LogP contribution in [-0.2, 0) is 0 Å². The van der Waals surface area contributed by atoms with E-state index in [9.17, 15) is 4.79 Å². The molecule has 1 aromatic heterocycles. The van der Waals surface area contributed by atoms with Crippen molar-refractivity contribution in [3.05, 3.63) is 23.8 Å². The molecule has 1 saturated carbocycles. The van der Waals surface area contributed by atoms with E-state index in [0.29, 0.717) is 17.5 Å². The van der Waals surface area contributed by atoms with Crippen LogP contribution in [0.4, 0.5) is 0 Å². The molecule has 0 radical (unpaired) electrons. The summed E-state index contributed by atoms with van der Waals surface area (Å²) in [6.07, 6.45) is 7.27. The molecule has 0 bridgehead atoms. The summed E-state index contributed by atoms with van der Waals surface area (Å²) in [6, 6.07) is 5.77. The summed E-state index contributed by atoms with van der Waals surface area (Å²) in [6.45, 7) is 2.22. The SMILES string of the molecule is CCCCC1CCCC1NC(=O)c1ccc2n[nH]nc2c1. The number of carbonyl (C=O) groups is 1. The van der Waals surface area contributed by atoms with E-state index < -0.39 is 0 Å². The zero-order chi connectivity index (χ0) is 14.7. The van der Waals surface area contributed by atoms with Crippen molar-refractivity contribution in [2.45, 2.75) is 51.5 Å². The number of amides is 1. The van der Waals surface area contributed by atoms with Gasteiger partial charge in [0.05, 0.1) is 0 Å². The molecular weight excluding hydrogens is 264 g/mol. The van der Waals surface area contributed by atoms with E-state index in [1.165, 1.54) is 32.1 Å². The Bertz CT molecular complexity index is 622. The Balaban J connectivity index is 1.67. The molecule has 5 nitrogen and oxygen atoms in total. The van der Waals surface area contributed by atoms with Gasteiger partial charge in [-0.25, -0.2) is 0 Å². The van der Waals surface area contributed by atoms with Crippen molar-refractivity contribution in [1.82, 2.24) is 20.7 Å². The minimum Gasteiger partial charge on any atom is -0.349 e. The van der Waals surface area contributed by atoms with Gasteiger partial charge < -0.3 is 5.32 Å². The summed E-state index contributed by atoms with van der Waals surface area (Å²) in [7, 11) is 0. The Morgan fingerprint density at radius 3 is 3.05 bits per heavy atom. The molecule has 1 fully saturated rings. The normalized spacial score (nSPS) is 21.8. The minimum atomic E-state index is 0.00768. The molecule has 112 valence electrons. The van der Waals surface area contributed by atoms with Crippen molar-refractivity contribution in [2.24, 2.45) is 5.92 Å². The number of nitrogens with zero attached hydrogens (tertiary/aromatic N) is 2. The van der Waals surface area contributed by atoms with Crippen LogP contribution in [-0.4, -0.2) is 27.4 Å². The fourth-order valence-corrected chi connectivity index (χ4v) is 3.27. The summed E-state index contributed by atoms with van der Waals surface area (Å²) in [5, 5.41) is 13.8. The average Bonchev–Trinajstić information content (AvgIpc) is 3.13. The number of unbranched alkanes of at least 4 members (excludes halogenated alkanes) is 1. The lowest BCUT2D eigenvalue weighted by Crippen LogP contribution is -2.37. The highest BCUT2D eigenvalue weighted by atomic mass is 16.1. The zero-order valence-electron chi connectivity index (χ0n) is 12.4. The van der Waals surface area contributed by atoms with Gasteiger partial charge >= 0.3 is 0 Å². The van der Waals surface area contributed by atoms with Crippen LogP contribution < -0.4 is 5.32 Å². The molecule has 3 rings (SSSR count). The monoisotopic (exact) mass is 286 g/mol. The van der Waals surface area contributed by atoms with Gasteiger partial charge in [0.1, 0.15) is 11.0 Å². The van der Waals surface area contributed by atoms with Crippen molar-refractivity contribution < 1.29 is 4.79 Å². The van der Waals surface area contributed by atoms with E-state index in [2.05, 4.69) is 27.7 Å². The summed E-state index contributed by atoms with van der Waals surface area (Å²) in [4.78, 5) is 12.4. The van der Waals surface area contributed by atoms with Gasteiger partial charge in [-0.05, 0) is 43.4 Å². The molecule has 1 amide bonds. The van der Waals surface area contributed by atoms with Gasteiger partial charge in [0.2, 0.25) is 0 Å². The molecule has 1 heterocycles. The number of aromatic amines is 1. The summed E-state index contributed by atoms with van der Waals surface area (Å²) >= 11 is 0. The highest BCUT2D eigenvalue weighted by molar-refractivity contribution is 5.97. The maximum atomic E-state index is 12.4. The van der Waals surface area contributed by atoms with Gasteiger partial charge in [0, 0.05) is 11.6 Å². The number of H-pyrrole nitrogens is 1. The molecule has 0 spiro atoms. The third-order valence-electron chi connectivity index (χ3n) is 4.48. The number of fused-ring (bicyclic) bond motifs is 1. The number of benzene rings is 1. The highest BCUT2D eigenvalue weighted by Gasteiger charge is 2.28. The number of rotatable bonds is 5. The molecule has 2 unspecified atom stereocenters. The molecule has 1 aromatic carbocycles. The molecule has 0 saturated heterocycles. The molecule has 1 aliphatic rings. The minimum absolute atomic E-state index is 0.00768. The fourth-order valence-electron chi connectivity index (χ4n) is 3.27. The molecule has 1 aliphatic carbocycles. The largest absolute Gasteiger partial charge is 0.349 e. The van der Waals surface area contributed by atoms with Crippen molar-refractivity contribution in [3.8, 4) is 0 Å². The third-order valence-corrected chi connectivity index (χ3v) is 4.48. The summed E-state index contributed by atoms with van der Waals surface area (Å²) in [5.41, 5.74) is 2.18. The second-order valence-electron chi connectivity index (χ2n) is 5.94. The second-order valence-corrected chi connectivity index (χ2v) is 5.94. The first kappa shape index (κ1) is 14.0. The van der Waals surface area contributed by atoms with Crippen molar-refractivity contribution in [3.63, 3.8) is 0 Å². The van der Waals surface area contributed by atoms with Gasteiger partial charge in [-0.2, -0.15) is 15.4 Å². The Labute approximate surface area is 124 Å². The average molecular weight is 286 g/mol. The predicted octanol–water partition coefficient (Wildman–Crippen LogP) is 3.05. The Hall–Kier alpha value is -1.91. The van der Waals surface area contributed by atoms with Crippen LogP contribution >= 0.6 is 0 Å². The van der Waals surface area contributed by atoms with E-state index in [1.807, 2.05) is 12.1 Å². The maximum Gasteiger partial charge on any atom is 0.251 e. The standard InChI is InChI=1S/C16H22N4O/c1-2-3-5-11-6-4-7-13(11)17-16(21)12-8-9-14-15(10-12)19-20-18-14/h8-11,13H,2-7H2,1H3,(H,17,21)(H,18,19,20). The van der Waals surface area contributed by atoms with Crippen molar-refractivity contribution >= 4 is 16.9 Å². The van der Waals surface area contributed by atoms with Crippen LogP contribution in [0.25, 0.3) is 11.0 Å². The van der Waals surface area contributed by atoms with Crippen molar-refractivity contribution in [2.75, 3.05) is 0 Å². The van der Waals surface area contributed by atoms with E-state index in [1.54, 1.807) is 6.07 Å². The zero-order valence-corrected chi connectivity index (χ0v) is 12.4. The Morgan fingerprint density at radius 2 is 2.19 bits per heavy atom. The second kappa shape index (κ2) is 6.24. The van der Waals surface area contributed by atoms with E-state index in [-0.39, 0.29) is 5.91 Å². The first-order chi connectivity index (χ1) is 10.3. The lowest BCUT2D eigenvalue weighted by atomic mass is 9.96. The summed E-state index contributed by atoms with van der Waals surface area (Å²) < 4.78 is 0. The smallest absolute Gasteiger partial charge is 0.251 e. The van der Waals surface area contributed by atoms with E-state index >= 15 is 0 Å². The first-order valence-electron chi connectivity index (χ1n) is 7.89. The van der Waals surface area contributed by atoms with Gasteiger partial charge in [-0.1, -0.05) is 26.2 Å². The first-order valence-corrected chi connectivity index (χ1v) is 7.89. The maximum absolute atomic E-state index is 12.4. The van der Waals surface area contributed by atoms with Gasteiger partial charge in [0.25, 0.3) is 5.91 Å². The molecule has 5 heteroatoms. The molecule has 21 heavy (non-hydrogen) atoms. The van der Waals surface area contributed by atoms with Crippen LogP contribution in [0.15, 0.2) is 18.2 Å². The van der Waals surface area contributed by atoms with Crippen LogP contribution in [0.2, 0.25) is 0 Å². The number of nitrogens with one attached hydrogen (secondary N) is 2. The van der Waals surface area contributed by atoms with Crippen LogP contribution in [0, 0.1) is 5.92 Å². The van der Waals surface area contributed by atoms with Crippen LogP contribution in [0.3, 0.4) is 0 Å². The Kier molecular flexibility index (Phi) is 4.18. The quantitative estimate of drug-likeness (QED) is 0.887. The van der Waals surface area contributed by atoms with Gasteiger partial charge in [-0.15, -0.1) is 0 Å². The van der Waals surface area contributed by atoms with Crippen molar-refractivity contribution in [1.29, 1.82) is 0 Å². The Morgan fingerprint density at radius 1 is 1.33 bits per heavy atom.